The molecule has 0 spiro atoms. The maximum absolute atomic E-state index is 9.12. The normalized spacial score (nSPS) is 8.94. The van der Waals surface area contributed by atoms with Gasteiger partial charge < -0.3 is 15.5 Å². The lowest BCUT2D eigenvalue weighted by molar-refractivity contribution is -0.140. The Morgan fingerprint density at radius 1 is 1.59 bits per heavy atom. The van der Waals surface area contributed by atoms with Crippen LogP contribution in [0.5, 0.6) is 0 Å². The van der Waals surface area contributed by atoms with Crippen LogP contribution < -0.4 is 5.32 Å². The quantitative estimate of drug-likeness (QED) is 0.483. The van der Waals surface area contributed by atoms with Gasteiger partial charge in [0.15, 0.2) is 0 Å². The minimum Gasteiger partial charge on any atom is -0.480 e. The van der Waals surface area contributed by atoms with Crippen molar-refractivity contribution in [1.29, 1.82) is 0 Å². The molecule has 0 fully saturated rings. The fraction of sp³-hybridized carbons (Fsp3) is 0.111. The Morgan fingerprint density at radius 3 is 2.47 bits per heavy atom. The van der Waals surface area contributed by atoms with Crippen molar-refractivity contribution in [2.75, 3.05) is 11.9 Å². The smallest absolute Gasteiger partial charge is 0.329 e. The van der Waals surface area contributed by atoms with E-state index in [4.69, 9.17) is 38.8 Å². The average Bonchev–Trinajstić information content (AvgIpc) is 2.23. The van der Waals surface area contributed by atoms with Crippen molar-refractivity contribution >= 4 is 68.4 Å². The van der Waals surface area contributed by atoms with E-state index < -0.39 is 12.6 Å². The summed E-state index contributed by atoms with van der Waals surface area (Å²) in [6.07, 6.45) is 0. The molecule has 0 aliphatic carbocycles. The summed E-state index contributed by atoms with van der Waals surface area (Å²) in [5, 5.41) is 18.5. The molecule has 1 rings (SSSR count). The highest BCUT2D eigenvalue weighted by molar-refractivity contribution is 9.10. The molecule has 1 aromatic rings. The van der Waals surface area contributed by atoms with Crippen LogP contribution in [0.2, 0.25) is 5.02 Å². The number of anilines is 1. The number of thiol groups is 1. The van der Waals surface area contributed by atoms with E-state index in [9.17, 15) is 0 Å². The zero-order chi connectivity index (χ0) is 13.4. The number of hydrogen-bond acceptors (Lipinski definition) is 3. The van der Waals surface area contributed by atoms with Gasteiger partial charge in [0.1, 0.15) is 10.9 Å². The first-order chi connectivity index (χ1) is 7.86. The molecule has 0 bridgehead atoms. The molecule has 0 aliphatic heterocycles. The SMILES string of the molecule is O=C(O)CO.S=C(S)Nc1ccc(Br)c(Cl)c1. The van der Waals surface area contributed by atoms with Crippen LogP contribution in [0.15, 0.2) is 22.7 Å². The number of hydrogen-bond donors (Lipinski definition) is 4. The van der Waals surface area contributed by atoms with E-state index in [0.717, 1.165) is 10.2 Å². The number of nitrogens with one attached hydrogen (secondary N) is 1. The van der Waals surface area contributed by atoms with E-state index >= 15 is 0 Å². The molecule has 3 N–H and O–H groups in total. The number of carbonyl (C=O) groups is 1. The third kappa shape index (κ3) is 8.39. The van der Waals surface area contributed by atoms with Gasteiger partial charge in [0.05, 0.1) is 5.02 Å². The van der Waals surface area contributed by atoms with Gasteiger partial charge in [0, 0.05) is 10.2 Å². The topological polar surface area (TPSA) is 69.6 Å². The summed E-state index contributed by atoms with van der Waals surface area (Å²) >= 11 is 17.8. The molecular weight excluding hydrogens is 350 g/mol. The molecule has 0 saturated heterocycles. The predicted octanol–water partition coefficient (Wildman–Crippen LogP) is 2.79. The number of thiocarbonyl (C=S) groups is 1. The van der Waals surface area contributed by atoms with Gasteiger partial charge >= 0.3 is 5.97 Å². The number of aliphatic hydroxyl groups excluding tert-OH is 1. The lowest BCUT2D eigenvalue weighted by Crippen LogP contribution is -2.00. The lowest BCUT2D eigenvalue weighted by atomic mass is 10.3. The van der Waals surface area contributed by atoms with Crippen LogP contribution in [-0.2, 0) is 4.79 Å². The fourth-order valence-electron chi connectivity index (χ4n) is 0.697. The minimum atomic E-state index is -1.19. The maximum Gasteiger partial charge on any atom is 0.329 e. The van der Waals surface area contributed by atoms with Gasteiger partial charge in [-0.15, -0.1) is 12.6 Å². The maximum atomic E-state index is 9.12. The largest absolute Gasteiger partial charge is 0.480 e. The molecule has 1 aromatic carbocycles. The average molecular weight is 359 g/mol. The van der Waals surface area contributed by atoms with Crippen LogP contribution in [-0.4, -0.2) is 27.1 Å². The third-order valence-corrected chi connectivity index (χ3v) is 2.75. The first-order valence-corrected chi connectivity index (χ1v) is 6.17. The van der Waals surface area contributed by atoms with Crippen molar-refractivity contribution in [2.24, 2.45) is 0 Å². The summed E-state index contributed by atoms with van der Waals surface area (Å²) in [7, 11) is 0. The van der Waals surface area contributed by atoms with Crippen LogP contribution in [0, 0.1) is 0 Å². The Morgan fingerprint density at radius 2 is 2.12 bits per heavy atom. The standard InChI is InChI=1S/C7H5BrClNS2.C2H4O3/c8-5-2-1-4(3-6(5)9)10-7(11)12;3-1-2(4)5/h1-3H,(H2,10,11,12);3H,1H2,(H,4,5). The van der Waals surface area contributed by atoms with Gasteiger partial charge in [0.2, 0.25) is 0 Å². The third-order valence-electron chi connectivity index (χ3n) is 1.31. The van der Waals surface area contributed by atoms with Crippen molar-refractivity contribution in [3.8, 4) is 0 Å². The second kappa shape index (κ2) is 8.71. The molecule has 0 atom stereocenters. The van der Waals surface area contributed by atoms with Crippen molar-refractivity contribution in [1.82, 2.24) is 0 Å². The highest BCUT2D eigenvalue weighted by Crippen LogP contribution is 2.25. The van der Waals surface area contributed by atoms with Crippen LogP contribution >= 0.6 is 52.4 Å². The lowest BCUT2D eigenvalue weighted by Gasteiger charge is -2.03. The Hall–Kier alpha value is -0.340. The number of benzene rings is 1. The van der Waals surface area contributed by atoms with Crippen molar-refractivity contribution < 1.29 is 15.0 Å². The van der Waals surface area contributed by atoms with Crippen LogP contribution in [0.4, 0.5) is 5.69 Å². The first kappa shape index (κ1) is 16.7. The van der Waals surface area contributed by atoms with Crippen LogP contribution in [0.1, 0.15) is 0 Å². The zero-order valence-corrected chi connectivity index (χ0v) is 12.4. The Kier molecular flexibility index (Phi) is 8.53. The van der Waals surface area contributed by atoms with E-state index in [1.165, 1.54) is 0 Å². The zero-order valence-electron chi connectivity index (χ0n) is 8.35. The number of rotatable bonds is 2. The highest BCUT2D eigenvalue weighted by atomic mass is 79.9. The van der Waals surface area contributed by atoms with Gasteiger partial charge in [0.25, 0.3) is 0 Å². The van der Waals surface area contributed by atoms with Gasteiger partial charge in [-0.2, -0.15) is 0 Å². The molecular formula is C9H9BrClNO3S2. The fourth-order valence-corrected chi connectivity index (χ4v) is 1.37. The van der Waals surface area contributed by atoms with Crippen molar-refractivity contribution in [2.45, 2.75) is 0 Å². The Bertz CT molecular complexity index is 417. The Balaban J connectivity index is 0.000000437. The number of aliphatic carboxylic acids is 1. The van der Waals surface area contributed by atoms with E-state index in [2.05, 4.69) is 33.9 Å². The molecule has 0 unspecified atom stereocenters. The van der Waals surface area contributed by atoms with Gasteiger partial charge in [-0.05, 0) is 34.1 Å². The predicted molar refractivity (Wildman–Crippen MR) is 79.1 cm³/mol. The molecule has 0 aromatic heterocycles. The molecule has 94 valence electrons. The van der Waals surface area contributed by atoms with Crippen molar-refractivity contribution in [3.05, 3.63) is 27.7 Å². The molecule has 4 nitrogen and oxygen atoms in total. The van der Waals surface area contributed by atoms with E-state index in [0.29, 0.717) is 9.34 Å². The molecule has 0 heterocycles. The molecule has 0 saturated carbocycles. The van der Waals surface area contributed by atoms with Crippen LogP contribution in [0.25, 0.3) is 0 Å². The number of aliphatic hydroxyl groups is 1. The molecule has 0 amide bonds. The summed E-state index contributed by atoms with van der Waals surface area (Å²) in [6, 6.07) is 5.48. The van der Waals surface area contributed by atoms with Crippen LogP contribution in [0.3, 0.4) is 0 Å². The summed E-state index contributed by atoms with van der Waals surface area (Å²) < 4.78 is 1.29. The summed E-state index contributed by atoms with van der Waals surface area (Å²) in [4.78, 5) is 9.12. The molecule has 0 aliphatic rings. The Labute approximate surface area is 123 Å². The van der Waals surface area contributed by atoms with E-state index in [-0.39, 0.29) is 0 Å². The summed E-state index contributed by atoms with van der Waals surface area (Å²) in [5.41, 5.74) is 0.836. The molecule has 8 heteroatoms. The number of carboxylic acid groups (broad SMARTS) is 1. The summed E-state index contributed by atoms with van der Waals surface area (Å²) in [5.74, 6) is -1.19. The monoisotopic (exact) mass is 357 g/mol. The van der Waals surface area contributed by atoms with Crippen molar-refractivity contribution in [3.63, 3.8) is 0 Å². The number of halogens is 2. The molecule has 0 radical (unpaired) electrons. The second-order valence-corrected chi connectivity index (χ2v) is 5.03. The summed E-state index contributed by atoms with van der Waals surface area (Å²) in [6.45, 7) is -0.778. The second-order valence-electron chi connectivity index (χ2n) is 2.61. The highest BCUT2D eigenvalue weighted by Gasteiger charge is 1.98. The van der Waals surface area contributed by atoms with E-state index in [1.807, 2.05) is 12.1 Å². The minimum absolute atomic E-state index is 0.424. The first-order valence-electron chi connectivity index (χ1n) is 4.14. The van der Waals surface area contributed by atoms with Gasteiger partial charge in [-0.1, -0.05) is 23.8 Å². The van der Waals surface area contributed by atoms with Gasteiger partial charge in [-0.25, -0.2) is 4.79 Å². The van der Waals surface area contributed by atoms with E-state index in [1.54, 1.807) is 6.07 Å². The molecule has 17 heavy (non-hydrogen) atoms. The van der Waals surface area contributed by atoms with Gasteiger partial charge in [-0.3, -0.25) is 0 Å². The number of carboxylic acids is 1.